The first-order valence-electron chi connectivity index (χ1n) is 9.66. The summed E-state index contributed by atoms with van der Waals surface area (Å²) in [5.74, 6) is 4.04. The van der Waals surface area contributed by atoms with Crippen molar-refractivity contribution >= 4 is 23.4 Å². The highest BCUT2D eigenvalue weighted by Crippen LogP contribution is 2.24. The van der Waals surface area contributed by atoms with E-state index < -0.39 is 0 Å². The highest BCUT2D eigenvalue weighted by molar-refractivity contribution is 5.93. The van der Waals surface area contributed by atoms with Crippen LogP contribution in [0.5, 0.6) is 0 Å². The van der Waals surface area contributed by atoms with Gasteiger partial charge in [0.25, 0.3) is 0 Å². The Labute approximate surface area is 180 Å². The largest absolute Gasteiger partial charge is 0.412 e. The normalized spacial score (nSPS) is 19.1. The molecular weight excluding hydrogens is 392 g/mol. The first-order valence-corrected chi connectivity index (χ1v) is 9.66. The lowest BCUT2D eigenvalue weighted by molar-refractivity contribution is -0.114. The van der Waals surface area contributed by atoms with E-state index in [0.29, 0.717) is 36.8 Å². The van der Waals surface area contributed by atoms with Crippen molar-refractivity contribution < 1.29 is 24.7 Å². The number of hydrogen-bond acceptors (Lipinski definition) is 4. The minimum Gasteiger partial charge on any atom is -0.412 e. The molecule has 0 saturated heterocycles. The molecule has 5 heteroatoms. The molecule has 0 fully saturated rings. The van der Waals surface area contributed by atoms with Crippen LogP contribution in [0.2, 0.25) is 0 Å². The van der Waals surface area contributed by atoms with Gasteiger partial charge >= 0.3 is 0 Å². The number of allylic oxidation sites excluding steroid dienone is 18. The maximum atomic E-state index is 11.0. The summed E-state index contributed by atoms with van der Waals surface area (Å²) in [6.07, 6.45) is 24.1. The fraction of sp³-hybridized carbons (Fsp3) is 0.154. The van der Waals surface area contributed by atoms with E-state index in [1.165, 1.54) is 0 Å². The second-order valence-electron chi connectivity index (χ2n) is 6.99. The zero-order chi connectivity index (χ0) is 21.3. The van der Waals surface area contributed by atoms with E-state index >= 15 is 0 Å². The molecule has 2 N–H and O–H groups in total. The molecule has 0 aromatic carbocycles. The average molecular weight is 414 g/mol. The molecule has 156 valence electrons. The maximum absolute atomic E-state index is 11.0. The van der Waals surface area contributed by atoms with Crippen LogP contribution in [-0.4, -0.2) is 28.9 Å². The van der Waals surface area contributed by atoms with E-state index in [1.54, 1.807) is 24.3 Å². The molecule has 0 radical (unpaired) electrons. The van der Waals surface area contributed by atoms with E-state index in [0.717, 1.165) is 22.3 Å². The molecule has 0 heterocycles. The van der Waals surface area contributed by atoms with Crippen LogP contribution in [-0.2, 0) is 19.2 Å². The summed E-state index contributed by atoms with van der Waals surface area (Å²) in [5.41, 5.74) is 5.25. The molecule has 4 aliphatic rings. The number of ketones is 2. The van der Waals surface area contributed by atoms with Crippen molar-refractivity contribution in [1.29, 1.82) is 0 Å². The summed E-state index contributed by atoms with van der Waals surface area (Å²) < 4.78 is 0. The van der Waals surface area contributed by atoms with Crippen molar-refractivity contribution in [3.63, 3.8) is 0 Å². The van der Waals surface area contributed by atoms with Crippen molar-refractivity contribution in [1.82, 2.24) is 0 Å². The Hall–Kier alpha value is -3.88. The Morgan fingerprint density at radius 3 is 1.29 bits per heavy atom. The van der Waals surface area contributed by atoms with Crippen LogP contribution in [0.1, 0.15) is 25.7 Å². The van der Waals surface area contributed by atoms with E-state index in [4.69, 9.17) is 0 Å². The van der Waals surface area contributed by atoms with Gasteiger partial charge in [-0.05, 0) is 46.6 Å². The summed E-state index contributed by atoms with van der Waals surface area (Å²) in [6, 6.07) is 0. The van der Waals surface area contributed by atoms with Gasteiger partial charge in [0.15, 0.2) is 11.6 Å². The Bertz CT molecular complexity index is 1030. The smallest absolute Gasteiger partial charge is 0.159 e. The fourth-order valence-corrected chi connectivity index (χ4v) is 3.20. The Morgan fingerprint density at radius 1 is 0.548 bits per heavy atom. The van der Waals surface area contributed by atoms with Crippen molar-refractivity contribution in [2.75, 3.05) is 0 Å². The topological polar surface area (TPSA) is 99.8 Å². The lowest BCUT2D eigenvalue weighted by Crippen LogP contribution is -1.99. The molecule has 5 nitrogen and oxygen atoms in total. The average Bonchev–Trinajstić information content (AvgIpc) is 2.80. The molecule has 0 aromatic rings. The summed E-state index contributed by atoms with van der Waals surface area (Å²) in [7, 11) is 0. The third-order valence-corrected chi connectivity index (χ3v) is 4.80. The monoisotopic (exact) mass is 414 g/mol. The van der Waals surface area contributed by atoms with Crippen LogP contribution in [0.15, 0.2) is 106 Å². The van der Waals surface area contributed by atoms with Crippen molar-refractivity contribution in [2.45, 2.75) is 25.7 Å². The van der Waals surface area contributed by atoms with Gasteiger partial charge in [0, 0.05) is 36.8 Å². The highest BCUT2D eigenvalue weighted by atomic mass is 16.1. The summed E-state index contributed by atoms with van der Waals surface area (Å²) in [6.45, 7) is 0. The summed E-state index contributed by atoms with van der Waals surface area (Å²) in [4.78, 5) is 43.0. The molecule has 4 rings (SSSR count). The number of carbonyl (C=O) groups is 2. The Balaban J connectivity index is 0.000000213. The van der Waals surface area contributed by atoms with Gasteiger partial charge in [-0.15, -0.1) is 0 Å². The minimum absolute atomic E-state index is 0. The van der Waals surface area contributed by atoms with Crippen LogP contribution in [0.3, 0.4) is 0 Å². The van der Waals surface area contributed by atoms with Gasteiger partial charge in [-0.2, -0.15) is 0 Å². The maximum Gasteiger partial charge on any atom is 0.159 e. The van der Waals surface area contributed by atoms with Crippen molar-refractivity contribution in [3.8, 4) is 0 Å². The van der Waals surface area contributed by atoms with Crippen LogP contribution >= 0.6 is 0 Å². The SMILES string of the molecule is O.O=C=C1C=C(C2=CCC(=O)C=C2)C=CC1.O=C=C1C=C(C2=CCC(=O)C=C2)C=CC1. The van der Waals surface area contributed by atoms with Gasteiger partial charge in [0.05, 0.1) is 0 Å². The Morgan fingerprint density at radius 2 is 0.968 bits per heavy atom. The van der Waals surface area contributed by atoms with Crippen molar-refractivity contribution in [3.05, 3.63) is 106 Å². The standard InChI is InChI=1S/2C13H10O2.H2O/c2*14-9-10-2-1-3-12(8-10)11-4-6-13(15)7-5-11;/h2*1,3-6,8H,2,7H2;1H2. The van der Waals surface area contributed by atoms with Crippen LogP contribution in [0.4, 0.5) is 0 Å². The molecule has 0 spiro atoms. The van der Waals surface area contributed by atoms with E-state index in [9.17, 15) is 19.2 Å². The third-order valence-electron chi connectivity index (χ3n) is 4.80. The second-order valence-corrected chi connectivity index (χ2v) is 6.99. The van der Waals surface area contributed by atoms with Gasteiger partial charge in [-0.1, -0.05) is 48.6 Å². The van der Waals surface area contributed by atoms with Crippen LogP contribution in [0.25, 0.3) is 0 Å². The van der Waals surface area contributed by atoms with Gasteiger partial charge in [0.2, 0.25) is 0 Å². The van der Waals surface area contributed by atoms with E-state index in [2.05, 4.69) is 0 Å². The molecule has 0 unspecified atom stereocenters. The molecule has 0 aliphatic heterocycles. The minimum atomic E-state index is 0. The van der Waals surface area contributed by atoms with Crippen LogP contribution < -0.4 is 0 Å². The van der Waals surface area contributed by atoms with Gasteiger partial charge in [-0.3, -0.25) is 9.59 Å². The van der Waals surface area contributed by atoms with E-state index in [-0.39, 0.29) is 17.0 Å². The zero-order valence-electron chi connectivity index (χ0n) is 16.9. The lowest BCUT2D eigenvalue weighted by Gasteiger charge is -2.10. The molecule has 31 heavy (non-hydrogen) atoms. The summed E-state index contributed by atoms with van der Waals surface area (Å²) in [5, 5.41) is 0. The first-order chi connectivity index (χ1) is 14.6. The van der Waals surface area contributed by atoms with Gasteiger partial charge < -0.3 is 5.48 Å². The predicted molar refractivity (Wildman–Crippen MR) is 119 cm³/mol. The predicted octanol–water partition coefficient (Wildman–Crippen LogP) is 3.35. The lowest BCUT2D eigenvalue weighted by atomic mass is 9.93. The number of hydrogen-bond donors (Lipinski definition) is 0. The molecule has 0 aromatic heterocycles. The van der Waals surface area contributed by atoms with Gasteiger partial charge in [-0.25, -0.2) is 9.59 Å². The third kappa shape index (κ3) is 6.56. The summed E-state index contributed by atoms with van der Waals surface area (Å²) >= 11 is 0. The quantitative estimate of drug-likeness (QED) is 0.647. The molecule has 0 amide bonds. The van der Waals surface area contributed by atoms with Gasteiger partial charge in [0.1, 0.15) is 11.9 Å². The fourth-order valence-electron chi connectivity index (χ4n) is 3.20. The molecule has 0 atom stereocenters. The zero-order valence-corrected chi connectivity index (χ0v) is 16.9. The van der Waals surface area contributed by atoms with Crippen LogP contribution in [0, 0.1) is 0 Å². The van der Waals surface area contributed by atoms with E-state index in [1.807, 2.05) is 60.5 Å². The first kappa shape index (κ1) is 23.4. The molecular formula is C26H22O5. The Kier molecular flexibility index (Phi) is 8.56. The van der Waals surface area contributed by atoms with Crippen molar-refractivity contribution in [2.24, 2.45) is 0 Å². The number of carbonyl (C=O) groups excluding carboxylic acids is 4. The number of rotatable bonds is 2. The molecule has 0 saturated carbocycles. The highest BCUT2D eigenvalue weighted by Gasteiger charge is 2.10. The second kappa shape index (κ2) is 11.3. The molecule has 0 bridgehead atoms. The molecule has 4 aliphatic carbocycles.